The predicted molar refractivity (Wildman–Crippen MR) is 150 cm³/mol. The van der Waals surface area contributed by atoms with E-state index in [4.69, 9.17) is 11.6 Å². The molecule has 0 saturated heterocycles. The van der Waals surface area contributed by atoms with Crippen molar-refractivity contribution in [1.29, 1.82) is 0 Å². The fraction of sp³-hybridized carbons (Fsp3) is 0.226. The van der Waals surface area contributed by atoms with E-state index in [-0.39, 0.29) is 24.5 Å². The van der Waals surface area contributed by atoms with Crippen LogP contribution in [-0.2, 0) is 29.1 Å². The van der Waals surface area contributed by atoms with Crippen molar-refractivity contribution in [3.63, 3.8) is 0 Å². The smallest absolute Gasteiger partial charge is 0.300 e. The maximum Gasteiger partial charge on any atom is 0.332 e. The standard InChI is InChI=1S/C31H29ClN2O4/c1-21-8-10-24(11-9-21)19-33-29(25-12-14-27(32)15-13-25)18-30(37)34(31(33)38)20-28(36)17-26(22(2)35)16-23-6-4-3-5-7-23/h3-15,18,26H,16-17,19-20H2,1-2H3. The molecule has 0 amide bonds. The number of benzene rings is 3. The van der Waals surface area contributed by atoms with Crippen LogP contribution in [0.15, 0.2) is 94.5 Å². The summed E-state index contributed by atoms with van der Waals surface area (Å²) in [5.74, 6) is -0.977. The molecule has 0 aliphatic heterocycles. The molecule has 1 heterocycles. The average molecular weight is 529 g/mol. The first-order valence-corrected chi connectivity index (χ1v) is 12.8. The number of aromatic nitrogens is 2. The van der Waals surface area contributed by atoms with E-state index >= 15 is 0 Å². The molecule has 0 fully saturated rings. The molecule has 0 aliphatic rings. The second-order valence-corrected chi connectivity index (χ2v) is 9.99. The van der Waals surface area contributed by atoms with E-state index in [9.17, 15) is 19.2 Å². The van der Waals surface area contributed by atoms with Gasteiger partial charge < -0.3 is 0 Å². The van der Waals surface area contributed by atoms with Gasteiger partial charge in [0.05, 0.1) is 18.8 Å². The summed E-state index contributed by atoms with van der Waals surface area (Å²) in [7, 11) is 0. The summed E-state index contributed by atoms with van der Waals surface area (Å²) in [6.07, 6.45) is 0.372. The Morgan fingerprint density at radius 1 is 0.842 bits per heavy atom. The molecule has 38 heavy (non-hydrogen) atoms. The van der Waals surface area contributed by atoms with Gasteiger partial charge in [0.2, 0.25) is 0 Å². The Labute approximate surface area is 226 Å². The number of halogens is 1. The van der Waals surface area contributed by atoms with Crippen molar-refractivity contribution >= 4 is 23.2 Å². The summed E-state index contributed by atoms with van der Waals surface area (Å²) < 4.78 is 2.45. The van der Waals surface area contributed by atoms with Crippen LogP contribution in [0.5, 0.6) is 0 Å². The minimum Gasteiger partial charge on any atom is -0.300 e. The molecule has 194 valence electrons. The first kappa shape index (κ1) is 27.0. The second-order valence-electron chi connectivity index (χ2n) is 9.56. The lowest BCUT2D eigenvalue weighted by molar-refractivity contribution is -0.127. The van der Waals surface area contributed by atoms with E-state index in [1.165, 1.54) is 17.6 Å². The minimum atomic E-state index is -0.584. The topological polar surface area (TPSA) is 78.1 Å². The van der Waals surface area contributed by atoms with E-state index in [2.05, 4.69) is 0 Å². The summed E-state index contributed by atoms with van der Waals surface area (Å²) >= 11 is 6.05. The molecule has 6 nitrogen and oxygen atoms in total. The number of rotatable bonds is 10. The van der Waals surface area contributed by atoms with Crippen molar-refractivity contribution in [3.8, 4) is 11.3 Å². The number of Topliss-reactive ketones (excluding diaryl/α,β-unsaturated/α-hetero) is 2. The van der Waals surface area contributed by atoms with Gasteiger partial charge in [-0.2, -0.15) is 0 Å². The minimum absolute atomic E-state index is 0.0486. The van der Waals surface area contributed by atoms with Gasteiger partial charge in [0.1, 0.15) is 5.78 Å². The second kappa shape index (κ2) is 12.0. The number of nitrogens with zero attached hydrogens (tertiary/aromatic N) is 2. The normalized spacial score (nSPS) is 11.8. The van der Waals surface area contributed by atoms with Gasteiger partial charge in [0.25, 0.3) is 5.56 Å². The average Bonchev–Trinajstić information content (AvgIpc) is 2.90. The lowest BCUT2D eigenvalue weighted by Gasteiger charge is -2.17. The number of carbonyl (C=O) groups excluding carboxylic acids is 2. The molecular formula is C31H29ClN2O4. The molecule has 0 aliphatic carbocycles. The van der Waals surface area contributed by atoms with Gasteiger partial charge in [-0.25, -0.2) is 4.79 Å². The number of ketones is 2. The van der Waals surface area contributed by atoms with Crippen LogP contribution < -0.4 is 11.2 Å². The Bertz CT molecular complexity index is 1550. The Kier molecular flexibility index (Phi) is 8.54. The Morgan fingerprint density at radius 2 is 1.50 bits per heavy atom. The summed E-state index contributed by atoms with van der Waals surface area (Å²) in [6.45, 7) is 3.26. The third-order valence-electron chi connectivity index (χ3n) is 6.59. The monoisotopic (exact) mass is 528 g/mol. The molecule has 0 radical (unpaired) electrons. The van der Waals surface area contributed by atoms with E-state index in [0.29, 0.717) is 22.7 Å². The van der Waals surface area contributed by atoms with E-state index in [1.807, 2.05) is 61.5 Å². The van der Waals surface area contributed by atoms with Gasteiger partial charge in [-0.1, -0.05) is 83.9 Å². The fourth-order valence-corrected chi connectivity index (χ4v) is 4.55. The molecule has 4 rings (SSSR count). The van der Waals surface area contributed by atoms with Crippen molar-refractivity contribution in [1.82, 2.24) is 9.13 Å². The number of hydrogen-bond acceptors (Lipinski definition) is 4. The number of hydrogen-bond donors (Lipinski definition) is 0. The zero-order valence-corrected chi connectivity index (χ0v) is 22.1. The Hall–Kier alpha value is -4.03. The van der Waals surface area contributed by atoms with Gasteiger partial charge in [0.15, 0.2) is 5.78 Å². The molecule has 0 saturated carbocycles. The van der Waals surface area contributed by atoms with Crippen molar-refractivity contribution in [3.05, 3.63) is 127 Å². The van der Waals surface area contributed by atoms with E-state index in [1.54, 1.807) is 24.3 Å². The predicted octanol–water partition coefficient (Wildman–Crippen LogP) is 5.09. The molecule has 0 spiro atoms. The molecule has 1 unspecified atom stereocenters. The van der Waals surface area contributed by atoms with Gasteiger partial charge in [0, 0.05) is 23.4 Å². The fourth-order valence-electron chi connectivity index (χ4n) is 4.42. The number of carbonyl (C=O) groups is 2. The first-order valence-electron chi connectivity index (χ1n) is 12.4. The lowest BCUT2D eigenvalue weighted by atomic mass is 9.91. The van der Waals surface area contributed by atoms with Gasteiger partial charge in [-0.3, -0.25) is 23.5 Å². The zero-order valence-electron chi connectivity index (χ0n) is 21.4. The maximum atomic E-state index is 13.6. The molecule has 0 bridgehead atoms. The van der Waals surface area contributed by atoms with Crippen LogP contribution in [-0.4, -0.2) is 20.7 Å². The Balaban J connectivity index is 1.67. The van der Waals surface area contributed by atoms with E-state index in [0.717, 1.165) is 21.3 Å². The molecule has 0 N–H and O–H groups in total. The van der Waals surface area contributed by atoms with Crippen LogP contribution in [0.3, 0.4) is 0 Å². The summed E-state index contributed by atoms with van der Waals surface area (Å²) in [5, 5.41) is 0.538. The largest absolute Gasteiger partial charge is 0.332 e. The first-order chi connectivity index (χ1) is 18.2. The van der Waals surface area contributed by atoms with Crippen LogP contribution in [0, 0.1) is 12.8 Å². The van der Waals surface area contributed by atoms with Gasteiger partial charge in [-0.05, 0) is 49.1 Å². The molecule has 1 aromatic heterocycles. The van der Waals surface area contributed by atoms with Crippen molar-refractivity contribution in [2.45, 2.75) is 39.8 Å². The number of aryl methyl sites for hydroxylation is 1. The van der Waals surface area contributed by atoms with Gasteiger partial charge >= 0.3 is 5.69 Å². The lowest BCUT2D eigenvalue weighted by Crippen LogP contribution is -2.42. The zero-order chi connectivity index (χ0) is 27.2. The molecule has 7 heteroatoms. The summed E-state index contributed by atoms with van der Waals surface area (Å²) in [4.78, 5) is 52.1. The van der Waals surface area contributed by atoms with Crippen LogP contribution in [0.25, 0.3) is 11.3 Å². The van der Waals surface area contributed by atoms with Crippen molar-refractivity contribution in [2.75, 3.05) is 0 Å². The van der Waals surface area contributed by atoms with Crippen LogP contribution >= 0.6 is 11.6 Å². The highest BCUT2D eigenvalue weighted by Gasteiger charge is 2.21. The summed E-state index contributed by atoms with van der Waals surface area (Å²) in [6, 6.07) is 25.5. The highest BCUT2D eigenvalue weighted by atomic mass is 35.5. The Morgan fingerprint density at radius 3 is 2.13 bits per heavy atom. The van der Waals surface area contributed by atoms with Gasteiger partial charge in [-0.15, -0.1) is 0 Å². The summed E-state index contributed by atoms with van der Waals surface area (Å²) in [5.41, 5.74) is 2.86. The van der Waals surface area contributed by atoms with Crippen molar-refractivity contribution in [2.24, 2.45) is 5.92 Å². The maximum absolute atomic E-state index is 13.6. The third-order valence-corrected chi connectivity index (χ3v) is 6.84. The molecular weight excluding hydrogens is 500 g/mol. The SMILES string of the molecule is CC(=O)C(CC(=O)Cn1c(=O)cc(-c2ccc(Cl)cc2)n(Cc2ccc(C)cc2)c1=O)Cc1ccccc1. The third kappa shape index (κ3) is 6.64. The quantitative estimate of drug-likeness (QED) is 0.287. The van der Waals surface area contributed by atoms with Crippen molar-refractivity contribution < 1.29 is 9.59 Å². The van der Waals surface area contributed by atoms with E-state index < -0.39 is 23.7 Å². The van der Waals surface area contributed by atoms with Crippen LogP contribution in [0.4, 0.5) is 0 Å². The molecule has 4 aromatic rings. The van der Waals surface area contributed by atoms with Crippen LogP contribution in [0.1, 0.15) is 30.0 Å². The van der Waals surface area contributed by atoms with Crippen LogP contribution in [0.2, 0.25) is 5.02 Å². The molecule has 1 atom stereocenters. The molecule has 3 aromatic carbocycles. The highest BCUT2D eigenvalue weighted by molar-refractivity contribution is 6.30. The highest BCUT2D eigenvalue weighted by Crippen LogP contribution is 2.21.